The Morgan fingerprint density at radius 1 is 1.06 bits per heavy atom. The molecule has 1 aromatic rings. The summed E-state index contributed by atoms with van der Waals surface area (Å²) >= 11 is 22.0. The van der Waals surface area contributed by atoms with Gasteiger partial charge in [0.2, 0.25) is 4.33 Å². The number of allylic oxidation sites excluding steroid dienone is 1. The molecule has 0 atom stereocenters. The Morgan fingerprint density at radius 3 is 1.89 bits per heavy atom. The average molecular weight is 338 g/mol. The predicted octanol–water partition coefficient (Wildman–Crippen LogP) is 6.13. The average Bonchev–Trinajstić information content (AvgIpc) is 2.13. The molecule has 0 N–H and O–H groups in total. The Bertz CT molecular complexity index is 446. The van der Waals surface area contributed by atoms with Crippen LogP contribution in [0.4, 0.5) is 13.2 Å². The molecule has 0 saturated heterocycles. The van der Waals surface area contributed by atoms with Gasteiger partial charge in [-0.15, -0.1) is 0 Å². The zero-order valence-corrected chi connectivity index (χ0v) is 11.8. The monoisotopic (exact) mass is 336 g/mol. The van der Waals surface area contributed by atoms with E-state index in [1.807, 2.05) is 0 Å². The van der Waals surface area contributed by atoms with Crippen molar-refractivity contribution in [2.75, 3.05) is 0 Å². The van der Waals surface area contributed by atoms with E-state index in [4.69, 9.17) is 46.4 Å². The van der Waals surface area contributed by atoms with Gasteiger partial charge in [0.15, 0.2) is 0 Å². The highest BCUT2D eigenvalue weighted by atomic mass is 35.5. The summed E-state index contributed by atoms with van der Waals surface area (Å²) in [7, 11) is 0. The molecule has 100 valence electrons. The fraction of sp³-hybridized carbons (Fsp3) is 0.273. The number of halogens is 7. The van der Waals surface area contributed by atoms with Crippen molar-refractivity contribution in [1.29, 1.82) is 0 Å². The van der Waals surface area contributed by atoms with Crippen LogP contribution in [0.15, 0.2) is 24.8 Å². The van der Waals surface area contributed by atoms with Crippen LogP contribution in [-0.2, 0) is 0 Å². The molecular weight excluding hydrogens is 331 g/mol. The van der Waals surface area contributed by atoms with Crippen LogP contribution in [0.3, 0.4) is 0 Å². The minimum absolute atomic E-state index is 0.0988. The lowest BCUT2D eigenvalue weighted by Gasteiger charge is -2.23. The molecule has 0 saturated carbocycles. The highest BCUT2D eigenvalue weighted by Crippen LogP contribution is 2.45. The van der Waals surface area contributed by atoms with Crippen molar-refractivity contribution in [1.82, 2.24) is 0 Å². The molecule has 0 amide bonds. The maximum Gasteiger partial charge on any atom is 0.421 e. The topological polar surface area (TPSA) is 0 Å². The van der Waals surface area contributed by atoms with Gasteiger partial charge in [0.1, 0.15) is 0 Å². The summed E-state index contributed by atoms with van der Waals surface area (Å²) in [5.74, 6) is 0. The van der Waals surface area contributed by atoms with Gasteiger partial charge >= 0.3 is 6.18 Å². The molecule has 0 nitrogen and oxygen atoms in total. The van der Waals surface area contributed by atoms with Gasteiger partial charge in [0, 0.05) is 16.5 Å². The summed E-state index contributed by atoms with van der Waals surface area (Å²) in [5.41, 5.74) is 0.462. The first-order chi connectivity index (χ1) is 8.03. The molecule has 7 heteroatoms. The summed E-state index contributed by atoms with van der Waals surface area (Å²) in [5, 5.41) is 0.584. The maximum absolute atomic E-state index is 12.5. The molecule has 18 heavy (non-hydrogen) atoms. The molecule has 1 rings (SSSR count). The minimum atomic E-state index is -4.75. The van der Waals surface area contributed by atoms with Gasteiger partial charge in [0.25, 0.3) is 0 Å². The number of hydrogen-bond donors (Lipinski definition) is 0. The zero-order chi connectivity index (χ0) is 14.1. The third-order valence-electron chi connectivity index (χ3n) is 2.12. The highest BCUT2D eigenvalue weighted by Gasteiger charge is 2.52. The van der Waals surface area contributed by atoms with E-state index >= 15 is 0 Å². The van der Waals surface area contributed by atoms with Gasteiger partial charge in [-0.05, 0) is 29.3 Å². The molecule has 0 unspecified atom stereocenters. The van der Waals surface area contributed by atoms with Gasteiger partial charge in [-0.25, -0.2) is 0 Å². The molecule has 0 aliphatic carbocycles. The summed E-state index contributed by atoms with van der Waals surface area (Å²) in [6.07, 6.45) is -5.42. The summed E-state index contributed by atoms with van der Waals surface area (Å²) in [4.78, 5) is 0. The first-order valence-corrected chi connectivity index (χ1v) is 6.13. The molecular formula is C11H7Cl4F3. The highest BCUT2D eigenvalue weighted by molar-refractivity contribution is 6.49. The number of alkyl halides is 5. The second-order valence-corrected chi connectivity index (χ2v) is 6.00. The van der Waals surface area contributed by atoms with Crippen molar-refractivity contribution in [3.8, 4) is 0 Å². The van der Waals surface area contributed by atoms with Crippen molar-refractivity contribution in [3.63, 3.8) is 0 Å². The second kappa shape index (κ2) is 5.49. The SMILES string of the molecule is C=C(CC(Cl)(Cl)C(F)(F)F)c1cc(Cl)cc(Cl)c1. The number of hydrogen-bond acceptors (Lipinski definition) is 0. The predicted molar refractivity (Wildman–Crippen MR) is 70.6 cm³/mol. The molecule has 0 spiro atoms. The lowest BCUT2D eigenvalue weighted by Crippen LogP contribution is -2.34. The third-order valence-corrected chi connectivity index (χ3v) is 3.25. The van der Waals surface area contributed by atoms with E-state index in [0.29, 0.717) is 15.6 Å². The van der Waals surface area contributed by atoms with Crippen LogP contribution in [0.5, 0.6) is 0 Å². The van der Waals surface area contributed by atoms with Crippen molar-refractivity contribution in [2.45, 2.75) is 16.9 Å². The standard InChI is InChI=1S/C11H7Cl4F3/c1-6(5-10(14,15)11(16,17)18)7-2-8(12)4-9(13)3-7/h2-4H,1,5H2. The van der Waals surface area contributed by atoms with E-state index in [1.54, 1.807) is 0 Å². The molecule has 0 aromatic heterocycles. The molecule has 0 heterocycles. The molecule has 0 radical (unpaired) electrons. The van der Waals surface area contributed by atoms with Gasteiger partial charge in [-0.3, -0.25) is 0 Å². The van der Waals surface area contributed by atoms with Gasteiger partial charge in [-0.1, -0.05) is 53.0 Å². The van der Waals surface area contributed by atoms with Gasteiger partial charge in [0.05, 0.1) is 0 Å². The second-order valence-electron chi connectivity index (χ2n) is 3.64. The van der Waals surface area contributed by atoms with Crippen LogP contribution in [-0.4, -0.2) is 10.5 Å². The quantitative estimate of drug-likeness (QED) is 0.582. The normalized spacial score (nSPS) is 12.6. The van der Waals surface area contributed by atoms with E-state index in [2.05, 4.69) is 6.58 Å². The summed E-state index contributed by atoms with van der Waals surface area (Å²) in [6, 6.07) is 4.34. The molecule has 1 aromatic carbocycles. The Hall–Kier alpha value is -0.0900. The summed E-state index contributed by atoms with van der Waals surface area (Å²) in [6.45, 7) is 3.52. The van der Waals surface area contributed by atoms with E-state index in [9.17, 15) is 13.2 Å². The minimum Gasteiger partial charge on any atom is -0.168 e. The Kier molecular flexibility index (Phi) is 4.87. The van der Waals surface area contributed by atoms with Crippen LogP contribution < -0.4 is 0 Å². The Labute approximate surface area is 122 Å². The largest absolute Gasteiger partial charge is 0.421 e. The van der Waals surface area contributed by atoms with Gasteiger partial charge in [-0.2, -0.15) is 13.2 Å². The molecule has 0 aliphatic heterocycles. The van der Waals surface area contributed by atoms with E-state index in [-0.39, 0.29) is 5.57 Å². The Morgan fingerprint density at radius 2 is 1.50 bits per heavy atom. The fourth-order valence-corrected chi connectivity index (χ4v) is 2.08. The number of rotatable bonds is 3. The molecule has 0 aliphatic rings. The van der Waals surface area contributed by atoms with Crippen molar-refractivity contribution >= 4 is 52.0 Å². The first-order valence-electron chi connectivity index (χ1n) is 4.62. The Balaban J connectivity index is 2.96. The lowest BCUT2D eigenvalue weighted by molar-refractivity contribution is -0.140. The van der Waals surface area contributed by atoms with Crippen molar-refractivity contribution < 1.29 is 13.2 Å². The zero-order valence-electron chi connectivity index (χ0n) is 8.79. The van der Waals surface area contributed by atoms with Crippen molar-refractivity contribution in [2.24, 2.45) is 0 Å². The van der Waals surface area contributed by atoms with E-state index in [1.165, 1.54) is 18.2 Å². The van der Waals surface area contributed by atoms with Crippen molar-refractivity contribution in [3.05, 3.63) is 40.4 Å². The lowest BCUT2D eigenvalue weighted by atomic mass is 10.0. The first kappa shape index (κ1) is 16.0. The molecule has 0 bridgehead atoms. The van der Waals surface area contributed by atoms with E-state index < -0.39 is 16.9 Å². The van der Waals surface area contributed by atoms with Crippen LogP contribution in [0.25, 0.3) is 5.57 Å². The maximum atomic E-state index is 12.5. The van der Waals surface area contributed by atoms with Crippen LogP contribution in [0.1, 0.15) is 12.0 Å². The van der Waals surface area contributed by atoms with Gasteiger partial charge < -0.3 is 0 Å². The number of benzene rings is 1. The summed E-state index contributed by atoms with van der Waals surface area (Å²) < 4.78 is 34.6. The smallest absolute Gasteiger partial charge is 0.168 e. The van der Waals surface area contributed by atoms with Crippen LogP contribution in [0, 0.1) is 0 Å². The van der Waals surface area contributed by atoms with Crippen LogP contribution >= 0.6 is 46.4 Å². The van der Waals surface area contributed by atoms with Crippen LogP contribution in [0.2, 0.25) is 10.0 Å². The fourth-order valence-electron chi connectivity index (χ4n) is 1.23. The molecule has 0 fully saturated rings. The third kappa shape index (κ3) is 3.95. The van der Waals surface area contributed by atoms with E-state index in [0.717, 1.165) is 0 Å².